The van der Waals surface area contributed by atoms with Crippen molar-refractivity contribution in [3.8, 4) is 0 Å². The van der Waals surface area contributed by atoms with E-state index in [4.69, 9.17) is 4.74 Å². The van der Waals surface area contributed by atoms with Gasteiger partial charge in [-0.2, -0.15) is 0 Å². The summed E-state index contributed by atoms with van der Waals surface area (Å²) < 4.78 is 5.27. The summed E-state index contributed by atoms with van der Waals surface area (Å²) in [4.78, 5) is 14.7. The SMILES string of the molecule is CCNC1(C(=O)OCC)CCCN(C(C)C)CC1. The number of carbonyl (C=O) groups excluding carboxylic acids is 1. The summed E-state index contributed by atoms with van der Waals surface area (Å²) in [5, 5.41) is 3.38. The number of hydrogen-bond acceptors (Lipinski definition) is 4. The number of rotatable bonds is 5. The van der Waals surface area contributed by atoms with E-state index in [1.165, 1.54) is 0 Å². The van der Waals surface area contributed by atoms with Gasteiger partial charge in [0.1, 0.15) is 5.54 Å². The highest BCUT2D eigenvalue weighted by Gasteiger charge is 2.40. The third kappa shape index (κ3) is 3.69. The predicted molar refractivity (Wildman–Crippen MR) is 73.6 cm³/mol. The van der Waals surface area contributed by atoms with Crippen LogP contribution in [0.15, 0.2) is 0 Å². The second kappa shape index (κ2) is 7.10. The molecule has 0 spiro atoms. The Morgan fingerprint density at radius 2 is 2.06 bits per heavy atom. The lowest BCUT2D eigenvalue weighted by atomic mass is 9.90. The molecule has 0 saturated carbocycles. The van der Waals surface area contributed by atoms with Crippen LogP contribution in [0.4, 0.5) is 0 Å². The second-order valence-electron chi connectivity index (χ2n) is 5.32. The molecule has 1 unspecified atom stereocenters. The molecule has 1 fully saturated rings. The summed E-state index contributed by atoms with van der Waals surface area (Å²) in [6.07, 6.45) is 2.77. The summed E-state index contributed by atoms with van der Waals surface area (Å²) in [6.45, 7) is 11.6. The van der Waals surface area contributed by atoms with Gasteiger partial charge in [0, 0.05) is 12.6 Å². The predicted octanol–water partition coefficient (Wildman–Crippen LogP) is 1.79. The van der Waals surface area contributed by atoms with Crippen LogP contribution in [-0.2, 0) is 9.53 Å². The topological polar surface area (TPSA) is 41.6 Å². The number of hydrogen-bond donors (Lipinski definition) is 1. The fraction of sp³-hybridized carbons (Fsp3) is 0.929. The van der Waals surface area contributed by atoms with Crippen molar-refractivity contribution in [2.75, 3.05) is 26.2 Å². The highest BCUT2D eigenvalue weighted by Crippen LogP contribution is 2.25. The second-order valence-corrected chi connectivity index (χ2v) is 5.32. The lowest BCUT2D eigenvalue weighted by Crippen LogP contribution is -2.53. The number of carbonyl (C=O) groups is 1. The molecule has 0 aromatic heterocycles. The minimum Gasteiger partial charge on any atom is -0.465 e. The lowest BCUT2D eigenvalue weighted by Gasteiger charge is -2.31. The van der Waals surface area contributed by atoms with Gasteiger partial charge in [-0.05, 0) is 53.1 Å². The molecule has 1 heterocycles. The Hall–Kier alpha value is -0.610. The van der Waals surface area contributed by atoms with E-state index in [1.807, 2.05) is 13.8 Å². The molecule has 1 atom stereocenters. The highest BCUT2D eigenvalue weighted by atomic mass is 16.5. The molecule has 106 valence electrons. The van der Waals surface area contributed by atoms with E-state index in [0.717, 1.165) is 38.9 Å². The standard InChI is InChI=1S/C14H28N2O2/c1-5-15-14(13(17)18-6-2)8-7-10-16(11-9-14)12(3)4/h12,15H,5-11H2,1-4H3. The van der Waals surface area contributed by atoms with E-state index in [0.29, 0.717) is 12.6 Å². The molecule has 0 aromatic rings. The van der Waals surface area contributed by atoms with Crippen molar-refractivity contribution in [2.45, 2.75) is 58.5 Å². The van der Waals surface area contributed by atoms with Gasteiger partial charge in [0.15, 0.2) is 0 Å². The van der Waals surface area contributed by atoms with E-state index in [-0.39, 0.29) is 5.97 Å². The quantitative estimate of drug-likeness (QED) is 0.762. The molecule has 1 saturated heterocycles. The number of ether oxygens (including phenoxy) is 1. The van der Waals surface area contributed by atoms with Gasteiger partial charge in [-0.15, -0.1) is 0 Å². The molecule has 1 aliphatic rings. The van der Waals surface area contributed by atoms with Gasteiger partial charge in [-0.3, -0.25) is 4.79 Å². The summed E-state index contributed by atoms with van der Waals surface area (Å²) in [7, 11) is 0. The van der Waals surface area contributed by atoms with E-state index in [1.54, 1.807) is 0 Å². The molecular formula is C14H28N2O2. The monoisotopic (exact) mass is 256 g/mol. The Labute approximate surface area is 111 Å². The molecular weight excluding hydrogens is 228 g/mol. The zero-order valence-corrected chi connectivity index (χ0v) is 12.3. The van der Waals surface area contributed by atoms with Crippen LogP contribution in [0.1, 0.15) is 47.0 Å². The van der Waals surface area contributed by atoms with Gasteiger partial charge >= 0.3 is 5.97 Å². The largest absolute Gasteiger partial charge is 0.465 e. The van der Waals surface area contributed by atoms with Crippen molar-refractivity contribution in [3.05, 3.63) is 0 Å². The van der Waals surface area contributed by atoms with Gasteiger partial charge in [0.2, 0.25) is 0 Å². The maximum absolute atomic E-state index is 12.2. The van der Waals surface area contributed by atoms with E-state index in [2.05, 4.69) is 24.1 Å². The summed E-state index contributed by atoms with van der Waals surface area (Å²) in [5.41, 5.74) is -0.464. The fourth-order valence-corrected chi connectivity index (χ4v) is 2.73. The van der Waals surface area contributed by atoms with Crippen molar-refractivity contribution in [3.63, 3.8) is 0 Å². The maximum atomic E-state index is 12.2. The van der Waals surface area contributed by atoms with Gasteiger partial charge in [-0.25, -0.2) is 0 Å². The van der Waals surface area contributed by atoms with E-state index >= 15 is 0 Å². The smallest absolute Gasteiger partial charge is 0.326 e. The highest BCUT2D eigenvalue weighted by molar-refractivity contribution is 5.81. The molecule has 4 nitrogen and oxygen atoms in total. The number of nitrogens with zero attached hydrogens (tertiary/aromatic N) is 1. The molecule has 1 rings (SSSR count). The van der Waals surface area contributed by atoms with Crippen LogP contribution in [-0.4, -0.2) is 48.7 Å². The average molecular weight is 256 g/mol. The average Bonchev–Trinajstić information content (AvgIpc) is 2.53. The zero-order chi connectivity index (χ0) is 13.6. The first-order valence-corrected chi connectivity index (χ1v) is 7.22. The van der Waals surface area contributed by atoms with Crippen molar-refractivity contribution >= 4 is 5.97 Å². The van der Waals surface area contributed by atoms with Crippen molar-refractivity contribution in [2.24, 2.45) is 0 Å². The van der Waals surface area contributed by atoms with Crippen LogP contribution in [0.5, 0.6) is 0 Å². The molecule has 1 N–H and O–H groups in total. The number of nitrogens with one attached hydrogen (secondary N) is 1. The minimum atomic E-state index is -0.464. The van der Waals surface area contributed by atoms with Gasteiger partial charge in [-0.1, -0.05) is 6.92 Å². The molecule has 0 radical (unpaired) electrons. The Kier molecular flexibility index (Phi) is 6.09. The first kappa shape index (κ1) is 15.4. The Balaban J connectivity index is 2.75. The Morgan fingerprint density at radius 1 is 1.33 bits per heavy atom. The minimum absolute atomic E-state index is 0.0718. The first-order valence-electron chi connectivity index (χ1n) is 7.22. The van der Waals surface area contributed by atoms with Crippen LogP contribution in [0.3, 0.4) is 0 Å². The van der Waals surface area contributed by atoms with Crippen LogP contribution in [0, 0.1) is 0 Å². The zero-order valence-electron chi connectivity index (χ0n) is 12.3. The third-order valence-corrected chi connectivity index (χ3v) is 3.79. The Morgan fingerprint density at radius 3 is 2.61 bits per heavy atom. The first-order chi connectivity index (χ1) is 8.55. The van der Waals surface area contributed by atoms with Crippen LogP contribution in [0.25, 0.3) is 0 Å². The van der Waals surface area contributed by atoms with Crippen molar-refractivity contribution in [1.82, 2.24) is 10.2 Å². The third-order valence-electron chi connectivity index (χ3n) is 3.79. The van der Waals surface area contributed by atoms with Crippen molar-refractivity contribution in [1.29, 1.82) is 0 Å². The van der Waals surface area contributed by atoms with E-state index < -0.39 is 5.54 Å². The van der Waals surface area contributed by atoms with Crippen molar-refractivity contribution < 1.29 is 9.53 Å². The normalized spacial score (nSPS) is 26.1. The molecule has 0 bridgehead atoms. The molecule has 0 aromatic carbocycles. The van der Waals surface area contributed by atoms with Crippen LogP contribution >= 0.6 is 0 Å². The number of esters is 1. The van der Waals surface area contributed by atoms with E-state index in [9.17, 15) is 4.79 Å². The lowest BCUT2D eigenvalue weighted by molar-refractivity contribution is -0.151. The van der Waals surface area contributed by atoms with Crippen LogP contribution < -0.4 is 5.32 Å². The molecule has 0 aliphatic carbocycles. The molecule has 0 amide bonds. The molecule has 1 aliphatic heterocycles. The Bertz CT molecular complexity index is 269. The molecule has 18 heavy (non-hydrogen) atoms. The summed E-state index contributed by atoms with van der Waals surface area (Å²) in [5.74, 6) is -0.0718. The van der Waals surface area contributed by atoms with Gasteiger partial charge < -0.3 is 15.0 Å². The van der Waals surface area contributed by atoms with Gasteiger partial charge in [0.05, 0.1) is 6.61 Å². The van der Waals surface area contributed by atoms with Crippen LogP contribution in [0.2, 0.25) is 0 Å². The number of likely N-dealkylation sites (N-methyl/N-ethyl adjacent to an activating group) is 1. The summed E-state index contributed by atoms with van der Waals surface area (Å²) >= 11 is 0. The van der Waals surface area contributed by atoms with Gasteiger partial charge in [0.25, 0.3) is 0 Å². The fourth-order valence-electron chi connectivity index (χ4n) is 2.73. The summed E-state index contributed by atoms with van der Waals surface area (Å²) in [6, 6.07) is 0.546. The maximum Gasteiger partial charge on any atom is 0.326 e. The number of likely N-dealkylation sites (tertiary alicyclic amines) is 1. The molecule has 4 heteroatoms.